The maximum atomic E-state index is 12.9. The second-order valence-electron chi connectivity index (χ2n) is 11.5. The van der Waals surface area contributed by atoms with Crippen molar-refractivity contribution in [1.29, 1.82) is 0 Å². The summed E-state index contributed by atoms with van der Waals surface area (Å²) in [6.07, 6.45) is -0.277. The molecular formula is C35H40N4O5. The number of aliphatic hydroxyl groups excluding tert-OH is 1. The van der Waals surface area contributed by atoms with Gasteiger partial charge in [-0.05, 0) is 56.0 Å². The summed E-state index contributed by atoms with van der Waals surface area (Å²) < 4.78 is 10.9. The second kappa shape index (κ2) is 15.7. The Morgan fingerprint density at radius 2 is 1.45 bits per heavy atom. The number of nitrogens with one attached hydrogen (secondary N) is 2. The zero-order chi connectivity index (χ0) is 31.4. The SMILES string of the molecule is CC(C)(C)OC(=O)N[C@@H](Cc1ccccc1)[C@@H](O)CN(Cc1ccc(-c2ccccn2)cc1)NC(=O)OCc1ccccc1. The maximum Gasteiger partial charge on any atom is 0.422 e. The molecule has 0 aliphatic rings. The molecule has 1 aromatic heterocycles. The number of hydrogen-bond acceptors (Lipinski definition) is 7. The van der Waals surface area contributed by atoms with Gasteiger partial charge in [-0.25, -0.2) is 14.6 Å². The number of amides is 2. The smallest absolute Gasteiger partial charge is 0.422 e. The topological polar surface area (TPSA) is 113 Å². The van der Waals surface area contributed by atoms with Crippen LogP contribution in [0.1, 0.15) is 37.5 Å². The van der Waals surface area contributed by atoms with E-state index in [1.807, 2.05) is 103 Å². The molecule has 0 saturated carbocycles. The molecule has 0 aliphatic heterocycles. The molecule has 4 rings (SSSR count). The molecule has 4 aromatic rings. The molecule has 0 bridgehead atoms. The highest BCUT2D eigenvalue weighted by atomic mass is 16.6. The van der Waals surface area contributed by atoms with Gasteiger partial charge in [0.1, 0.15) is 12.2 Å². The first-order chi connectivity index (χ1) is 21.1. The number of pyridine rings is 1. The molecule has 3 aromatic carbocycles. The standard InChI is InChI=1S/C35H40N4O5/c1-35(2,3)44-33(41)37-31(22-26-12-6-4-7-13-26)32(40)24-39(38-34(42)43-25-28-14-8-5-9-15-28)23-27-17-19-29(20-18-27)30-16-10-11-21-36-30/h4-21,31-32,40H,22-25H2,1-3H3,(H,37,41)(H,38,42)/t31-,32-/m0/s1. The number of hydrogen-bond donors (Lipinski definition) is 3. The molecule has 0 spiro atoms. The van der Waals surface area contributed by atoms with E-state index in [0.717, 1.165) is 27.9 Å². The fraction of sp³-hybridized carbons (Fsp3) is 0.286. The van der Waals surface area contributed by atoms with E-state index in [4.69, 9.17) is 9.47 Å². The summed E-state index contributed by atoms with van der Waals surface area (Å²) in [6.45, 7) is 5.70. The minimum atomic E-state index is -1.08. The van der Waals surface area contributed by atoms with E-state index < -0.39 is 29.9 Å². The van der Waals surface area contributed by atoms with Crippen LogP contribution in [-0.4, -0.2) is 51.6 Å². The van der Waals surface area contributed by atoms with Crippen LogP contribution in [0.5, 0.6) is 0 Å². The number of ether oxygens (including phenoxy) is 2. The van der Waals surface area contributed by atoms with Crippen LogP contribution < -0.4 is 10.7 Å². The van der Waals surface area contributed by atoms with Crippen molar-refractivity contribution in [2.24, 2.45) is 0 Å². The molecule has 0 saturated heterocycles. The monoisotopic (exact) mass is 596 g/mol. The quantitative estimate of drug-likeness (QED) is 0.175. The third-order valence-corrected chi connectivity index (χ3v) is 6.62. The van der Waals surface area contributed by atoms with E-state index in [2.05, 4.69) is 15.7 Å². The van der Waals surface area contributed by atoms with Crippen molar-refractivity contribution in [1.82, 2.24) is 20.7 Å². The number of alkyl carbamates (subject to hydrolysis) is 1. The zero-order valence-corrected chi connectivity index (χ0v) is 25.4. The number of aromatic nitrogens is 1. The Morgan fingerprint density at radius 3 is 2.07 bits per heavy atom. The predicted molar refractivity (Wildman–Crippen MR) is 169 cm³/mol. The van der Waals surface area contributed by atoms with Crippen LogP contribution in [0, 0.1) is 0 Å². The minimum Gasteiger partial charge on any atom is -0.444 e. The van der Waals surface area contributed by atoms with Crippen LogP contribution in [-0.2, 0) is 29.0 Å². The first kappa shape index (κ1) is 32.2. The average molecular weight is 597 g/mol. The van der Waals surface area contributed by atoms with Crippen LogP contribution in [0.4, 0.5) is 9.59 Å². The van der Waals surface area contributed by atoms with Gasteiger partial charge in [0.2, 0.25) is 0 Å². The van der Waals surface area contributed by atoms with Gasteiger partial charge in [0.05, 0.1) is 17.8 Å². The van der Waals surface area contributed by atoms with Gasteiger partial charge >= 0.3 is 12.2 Å². The lowest BCUT2D eigenvalue weighted by Gasteiger charge is -2.31. The van der Waals surface area contributed by atoms with Crippen molar-refractivity contribution in [3.63, 3.8) is 0 Å². The normalized spacial score (nSPS) is 12.7. The molecule has 44 heavy (non-hydrogen) atoms. The molecule has 2 amide bonds. The van der Waals surface area contributed by atoms with Gasteiger partial charge in [-0.1, -0.05) is 91.0 Å². The molecule has 2 atom stereocenters. The van der Waals surface area contributed by atoms with Crippen LogP contribution in [0.15, 0.2) is 109 Å². The van der Waals surface area contributed by atoms with Crippen molar-refractivity contribution in [2.75, 3.05) is 6.54 Å². The Labute approximate surface area is 258 Å². The summed E-state index contributed by atoms with van der Waals surface area (Å²) in [5.41, 5.74) is 6.56. The summed E-state index contributed by atoms with van der Waals surface area (Å²) >= 11 is 0. The van der Waals surface area contributed by atoms with Crippen LogP contribution in [0.3, 0.4) is 0 Å². The van der Waals surface area contributed by atoms with Crippen LogP contribution in [0.25, 0.3) is 11.3 Å². The van der Waals surface area contributed by atoms with E-state index in [1.165, 1.54) is 0 Å². The summed E-state index contributed by atoms with van der Waals surface area (Å²) in [6, 6.07) is 31.8. The number of aliphatic hydroxyl groups is 1. The molecule has 230 valence electrons. The highest BCUT2D eigenvalue weighted by molar-refractivity contribution is 5.68. The van der Waals surface area contributed by atoms with Gasteiger partial charge in [0.15, 0.2) is 0 Å². The number of hydrazine groups is 1. The highest BCUT2D eigenvalue weighted by Gasteiger charge is 2.27. The second-order valence-corrected chi connectivity index (χ2v) is 11.5. The van der Waals surface area contributed by atoms with E-state index >= 15 is 0 Å². The lowest BCUT2D eigenvalue weighted by Crippen LogP contribution is -2.53. The molecule has 0 unspecified atom stereocenters. The fourth-order valence-corrected chi connectivity index (χ4v) is 4.53. The number of rotatable bonds is 12. The summed E-state index contributed by atoms with van der Waals surface area (Å²) in [7, 11) is 0. The van der Waals surface area contributed by atoms with Gasteiger partial charge in [0, 0.05) is 24.8 Å². The molecule has 1 heterocycles. The Balaban J connectivity index is 1.50. The van der Waals surface area contributed by atoms with Gasteiger partial charge in [0.25, 0.3) is 0 Å². The van der Waals surface area contributed by atoms with Crippen molar-refractivity contribution in [3.05, 3.63) is 126 Å². The van der Waals surface area contributed by atoms with Crippen molar-refractivity contribution in [3.8, 4) is 11.3 Å². The van der Waals surface area contributed by atoms with Crippen molar-refractivity contribution < 1.29 is 24.2 Å². The average Bonchev–Trinajstić information content (AvgIpc) is 3.00. The summed E-state index contributed by atoms with van der Waals surface area (Å²) in [4.78, 5) is 30.0. The third kappa shape index (κ3) is 10.8. The Hall–Kier alpha value is -4.73. The number of nitrogens with zero attached hydrogens (tertiary/aromatic N) is 2. The largest absolute Gasteiger partial charge is 0.444 e. The van der Waals surface area contributed by atoms with Crippen molar-refractivity contribution in [2.45, 2.75) is 58.1 Å². The molecular weight excluding hydrogens is 556 g/mol. The fourth-order valence-electron chi connectivity index (χ4n) is 4.53. The molecule has 9 nitrogen and oxygen atoms in total. The molecule has 3 N–H and O–H groups in total. The van der Waals surface area contributed by atoms with Crippen LogP contribution in [0.2, 0.25) is 0 Å². The van der Waals surface area contributed by atoms with Crippen molar-refractivity contribution >= 4 is 12.2 Å². The molecule has 0 aliphatic carbocycles. The lowest BCUT2D eigenvalue weighted by atomic mass is 10.0. The lowest BCUT2D eigenvalue weighted by molar-refractivity contribution is 0.0263. The molecule has 0 fully saturated rings. The van der Waals surface area contributed by atoms with E-state index in [0.29, 0.717) is 6.42 Å². The molecule has 9 heteroatoms. The predicted octanol–water partition coefficient (Wildman–Crippen LogP) is 5.89. The first-order valence-electron chi connectivity index (χ1n) is 14.6. The zero-order valence-electron chi connectivity index (χ0n) is 25.4. The number of benzene rings is 3. The number of carbonyl (C=O) groups excluding carboxylic acids is 2. The Bertz CT molecular complexity index is 1450. The number of carbonyl (C=O) groups is 2. The van der Waals surface area contributed by atoms with Crippen LogP contribution >= 0.6 is 0 Å². The van der Waals surface area contributed by atoms with E-state index in [9.17, 15) is 14.7 Å². The van der Waals surface area contributed by atoms with Gasteiger partial charge in [-0.15, -0.1) is 0 Å². The minimum absolute atomic E-state index is 0.00424. The van der Waals surface area contributed by atoms with Gasteiger partial charge in [-0.3, -0.25) is 10.4 Å². The Morgan fingerprint density at radius 1 is 0.818 bits per heavy atom. The highest BCUT2D eigenvalue weighted by Crippen LogP contribution is 2.18. The van der Waals surface area contributed by atoms with Gasteiger partial charge < -0.3 is 19.9 Å². The summed E-state index contributed by atoms with van der Waals surface area (Å²) in [5.74, 6) is 0. The maximum absolute atomic E-state index is 12.9. The van der Waals surface area contributed by atoms with Gasteiger partial charge in [-0.2, -0.15) is 0 Å². The van der Waals surface area contributed by atoms with E-state index in [-0.39, 0.29) is 19.7 Å². The summed E-state index contributed by atoms with van der Waals surface area (Å²) in [5, 5.41) is 15.9. The first-order valence-corrected chi connectivity index (χ1v) is 14.6. The Kier molecular flexibility index (Phi) is 11.5. The molecule has 0 radical (unpaired) electrons. The van der Waals surface area contributed by atoms with E-state index in [1.54, 1.807) is 32.0 Å². The third-order valence-electron chi connectivity index (χ3n) is 6.62.